The van der Waals surface area contributed by atoms with Gasteiger partial charge in [-0.05, 0) is 37.8 Å². The molecular weight excluding hydrogens is 282 g/mol. The first kappa shape index (κ1) is 13.4. The van der Waals surface area contributed by atoms with Gasteiger partial charge < -0.3 is 0 Å². The molecule has 1 aliphatic rings. The molecule has 104 valence electrons. The highest BCUT2D eigenvalue weighted by Crippen LogP contribution is 2.28. The molecule has 0 spiro atoms. The van der Waals surface area contributed by atoms with E-state index in [0.717, 1.165) is 49.4 Å². The minimum absolute atomic E-state index is 0.286. The predicted octanol–water partition coefficient (Wildman–Crippen LogP) is 4.34. The van der Waals surface area contributed by atoms with Crippen LogP contribution in [0.3, 0.4) is 0 Å². The number of nitrogens with zero attached hydrogens (tertiary/aromatic N) is 2. The maximum atomic E-state index is 13.3. The van der Waals surface area contributed by atoms with Crippen LogP contribution in [0.1, 0.15) is 30.5 Å². The Kier molecular flexibility index (Phi) is 3.66. The molecule has 0 atom stereocenters. The molecule has 1 aliphatic carbocycles. The van der Waals surface area contributed by atoms with Crippen molar-refractivity contribution in [1.82, 2.24) is 9.97 Å². The number of benzene rings is 1. The SMILES string of the molecule is Fc1cc(F)cc(-c2nc(Cl)c3c(n2)CCCCC3)c1. The van der Waals surface area contributed by atoms with Crippen molar-refractivity contribution in [2.45, 2.75) is 32.1 Å². The van der Waals surface area contributed by atoms with Crippen LogP contribution in [0, 0.1) is 11.6 Å². The molecule has 2 nitrogen and oxygen atoms in total. The molecule has 0 fully saturated rings. The maximum Gasteiger partial charge on any atom is 0.161 e. The zero-order valence-corrected chi connectivity index (χ0v) is 11.6. The van der Waals surface area contributed by atoms with Crippen LogP contribution in [0.4, 0.5) is 8.78 Å². The number of aryl methyl sites for hydroxylation is 1. The van der Waals surface area contributed by atoms with Crippen molar-refractivity contribution in [1.29, 1.82) is 0 Å². The quantitative estimate of drug-likeness (QED) is 0.577. The number of hydrogen-bond donors (Lipinski definition) is 0. The summed E-state index contributed by atoms with van der Waals surface area (Å²) in [4.78, 5) is 8.66. The molecule has 0 unspecified atom stereocenters. The number of hydrogen-bond acceptors (Lipinski definition) is 2. The van der Waals surface area contributed by atoms with E-state index in [9.17, 15) is 8.78 Å². The molecule has 0 N–H and O–H groups in total. The fourth-order valence-electron chi connectivity index (χ4n) is 2.54. The average Bonchev–Trinajstić information content (AvgIpc) is 2.63. The summed E-state index contributed by atoms with van der Waals surface area (Å²) >= 11 is 6.21. The molecule has 0 aliphatic heterocycles. The third kappa shape index (κ3) is 2.66. The molecule has 3 rings (SSSR count). The van der Waals surface area contributed by atoms with Crippen LogP contribution >= 0.6 is 11.6 Å². The normalized spacial score (nSPS) is 14.8. The van der Waals surface area contributed by atoms with Crippen LogP contribution in [0.2, 0.25) is 5.15 Å². The smallest absolute Gasteiger partial charge is 0.161 e. The molecule has 0 radical (unpaired) electrons. The Hall–Kier alpha value is -1.55. The van der Waals surface area contributed by atoms with Gasteiger partial charge in [0.2, 0.25) is 0 Å². The van der Waals surface area contributed by atoms with Gasteiger partial charge in [0.1, 0.15) is 16.8 Å². The zero-order valence-electron chi connectivity index (χ0n) is 10.8. The molecule has 2 aromatic rings. The second-order valence-electron chi connectivity index (χ2n) is 4.98. The van der Waals surface area contributed by atoms with Gasteiger partial charge >= 0.3 is 0 Å². The van der Waals surface area contributed by atoms with E-state index in [2.05, 4.69) is 9.97 Å². The van der Waals surface area contributed by atoms with Gasteiger partial charge in [-0.2, -0.15) is 0 Å². The van der Waals surface area contributed by atoms with E-state index in [0.29, 0.717) is 10.7 Å². The summed E-state index contributed by atoms with van der Waals surface area (Å²) in [6.45, 7) is 0. The molecule has 0 saturated carbocycles. The van der Waals surface area contributed by atoms with Gasteiger partial charge in [-0.15, -0.1) is 0 Å². The lowest BCUT2D eigenvalue weighted by Crippen LogP contribution is -2.02. The van der Waals surface area contributed by atoms with Crippen molar-refractivity contribution >= 4 is 11.6 Å². The maximum absolute atomic E-state index is 13.3. The standard InChI is InChI=1S/C15H13ClF2N2/c16-14-12-4-2-1-3-5-13(12)19-15(20-14)9-6-10(17)8-11(18)7-9/h6-8H,1-5H2. The molecular formula is C15H13ClF2N2. The van der Waals surface area contributed by atoms with Crippen molar-refractivity contribution < 1.29 is 8.78 Å². The van der Waals surface area contributed by atoms with Crippen molar-refractivity contribution in [3.8, 4) is 11.4 Å². The lowest BCUT2D eigenvalue weighted by molar-refractivity contribution is 0.584. The average molecular weight is 295 g/mol. The first-order chi connectivity index (χ1) is 9.63. The third-order valence-electron chi connectivity index (χ3n) is 3.50. The predicted molar refractivity (Wildman–Crippen MR) is 73.7 cm³/mol. The lowest BCUT2D eigenvalue weighted by Gasteiger charge is -2.09. The van der Waals surface area contributed by atoms with Crippen LogP contribution in [-0.2, 0) is 12.8 Å². The van der Waals surface area contributed by atoms with E-state index in [1.807, 2.05) is 0 Å². The highest BCUT2D eigenvalue weighted by molar-refractivity contribution is 6.30. The highest BCUT2D eigenvalue weighted by Gasteiger charge is 2.17. The number of fused-ring (bicyclic) bond motifs is 1. The first-order valence-corrected chi connectivity index (χ1v) is 7.03. The Bertz CT molecular complexity index is 638. The van der Waals surface area contributed by atoms with E-state index in [1.165, 1.54) is 12.1 Å². The van der Waals surface area contributed by atoms with Gasteiger partial charge in [-0.25, -0.2) is 18.7 Å². The van der Waals surface area contributed by atoms with E-state index >= 15 is 0 Å². The van der Waals surface area contributed by atoms with Gasteiger partial charge in [0.25, 0.3) is 0 Å². The second kappa shape index (κ2) is 5.44. The zero-order chi connectivity index (χ0) is 14.1. The molecule has 1 aromatic carbocycles. The number of rotatable bonds is 1. The second-order valence-corrected chi connectivity index (χ2v) is 5.34. The summed E-state index contributed by atoms with van der Waals surface area (Å²) in [7, 11) is 0. The Morgan fingerprint density at radius 1 is 0.900 bits per heavy atom. The van der Waals surface area contributed by atoms with Gasteiger partial charge in [0.15, 0.2) is 5.82 Å². The summed E-state index contributed by atoms with van der Waals surface area (Å²) in [5, 5.41) is 0.400. The third-order valence-corrected chi connectivity index (χ3v) is 3.82. The van der Waals surface area contributed by atoms with Crippen LogP contribution in [0.15, 0.2) is 18.2 Å². The fourth-order valence-corrected chi connectivity index (χ4v) is 2.82. The Balaban J connectivity index is 2.10. The molecule has 0 saturated heterocycles. The van der Waals surface area contributed by atoms with Gasteiger partial charge in [-0.1, -0.05) is 18.0 Å². The molecule has 20 heavy (non-hydrogen) atoms. The Labute approximate surface area is 120 Å². The first-order valence-electron chi connectivity index (χ1n) is 6.65. The minimum atomic E-state index is -0.644. The highest BCUT2D eigenvalue weighted by atomic mass is 35.5. The van der Waals surface area contributed by atoms with Gasteiger partial charge in [-0.3, -0.25) is 0 Å². The van der Waals surface area contributed by atoms with E-state index in [-0.39, 0.29) is 5.82 Å². The summed E-state index contributed by atoms with van der Waals surface area (Å²) < 4.78 is 26.6. The minimum Gasteiger partial charge on any atom is -0.233 e. The van der Waals surface area contributed by atoms with Gasteiger partial charge in [0.05, 0.1) is 0 Å². The van der Waals surface area contributed by atoms with E-state index in [4.69, 9.17) is 11.6 Å². The lowest BCUT2D eigenvalue weighted by atomic mass is 10.1. The summed E-state index contributed by atoms with van der Waals surface area (Å²) in [5.74, 6) is -1.00. The van der Waals surface area contributed by atoms with Crippen LogP contribution in [0.25, 0.3) is 11.4 Å². The summed E-state index contributed by atoms with van der Waals surface area (Å²) in [6, 6.07) is 3.27. The van der Waals surface area contributed by atoms with Crippen LogP contribution < -0.4 is 0 Å². The Morgan fingerprint density at radius 3 is 2.35 bits per heavy atom. The fraction of sp³-hybridized carbons (Fsp3) is 0.333. The van der Waals surface area contributed by atoms with Crippen LogP contribution in [0.5, 0.6) is 0 Å². The van der Waals surface area contributed by atoms with E-state index in [1.54, 1.807) is 0 Å². The molecule has 0 amide bonds. The molecule has 5 heteroatoms. The molecule has 1 aromatic heterocycles. The van der Waals surface area contributed by atoms with Crippen molar-refractivity contribution in [3.05, 3.63) is 46.2 Å². The number of aromatic nitrogens is 2. The number of halogens is 3. The topological polar surface area (TPSA) is 25.8 Å². The largest absolute Gasteiger partial charge is 0.233 e. The van der Waals surface area contributed by atoms with Crippen molar-refractivity contribution in [2.24, 2.45) is 0 Å². The summed E-state index contributed by atoms with van der Waals surface area (Å²) in [6.07, 6.45) is 4.96. The van der Waals surface area contributed by atoms with Gasteiger partial charge in [0, 0.05) is 22.9 Å². The van der Waals surface area contributed by atoms with Crippen molar-refractivity contribution in [2.75, 3.05) is 0 Å². The molecule has 0 bridgehead atoms. The van der Waals surface area contributed by atoms with Crippen molar-refractivity contribution in [3.63, 3.8) is 0 Å². The molecule has 1 heterocycles. The van der Waals surface area contributed by atoms with E-state index < -0.39 is 11.6 Å². The summed E-state index contributed by atoms with van der Waals surface area (Å²) in [5.41, 5.74) is 2.20. The van der Waals surface area contributed by atoms with Crippen LogP contribution in [-0.4, -0.2) is 9.97 Å². The monoisotopic (exact) mass is 294 g/mol. The Morgan fingerprint density at radius 2 is 1.60 bits per heavy atom.